The minimum Gasteiger partial charge on any atom is -0.350 e. The summed E-state index contributed by atoms with van der Waals surface area (Å²) in [5, 5.41) is 11.3. The van der Waals surface area contributed by atoms with Crippen LogP contribution in [0.15, 0.2) is 24.3 Å². The summed E-state index contributed by atoms with van der Waals surface area (Å²) >= 11 is 0. The average Bonchev–Trinajstić information content (AvgIpc) is 3.26. The third-order valence-electron chi connectivity index (χ3n) is 6.72. The molecule has 0 aromatic heterocycles. The van der Waals surface area contributed by atoms with Gasteiger partial charge in [-0.15, -0.1) is 0 Å². The summed E-state index contributed by atoms with van der Waals surface area (Å²) in [7, 11) is 1.64. The van der Waals surface area contributed by atoms with E-state index in [2.05, 4.69) is 21.3 Å². The van der Waals surface area contributed by atoms with E-state index in [-0.39, 0.29) is 54.7 Å². The summed E-state index contributed by atoms with van der Waals surface area (Å²) in [6, 6.07) is 3.05. The van der Waals surface area contributed by atoms with Crippen LogP contribution in [0.1, 0.15) is 45.6 Å². The zero-order valence-corrected chi connectivity index (χ0v) is 21.3. The van der Waals surface area contributed by atoms with Crippen molar-refractivity contribution >= 4 is 23.8 Å². The Morgan fingerprint density at radius 3 is 2.42 bits per heavy atom. The topological polar surface area (TPSA) is 123 Å². The van der Waals surface area contributed by atoms with E-state index in [1.54, 1.807) is 35.9 Å². The largest absolute Gasteiger partial charge is 0.350 e. The number of fused-ring (bicyclic) bond motifs is 1. The van der Waals surface area contributed by atoms with E-state index in [0.29, 0.717) is 25.8 Å². The SMILES string of the molecule is CN[C@@H](C)C(=O)N[C@H]1CN(C(=O)NC(C)C)CC[C@H]2CC[C@@H](C(=O)NCc3ccc(F)cc3)N2C1=O. The number of carbonyl (C=O) groups is 4. The van der Waals surface area contributed by atoms with Gasteiger partial charge in [0, 0.05) is 25.2 Å². The lowest BCUT2D eigenvalue weighted by atomic mass is 10.1. The standard InChI is InChI=1S/C25H37FN6O4/c1-15(2)29-25(36)31-12-11-19-9-10-21(23(34)28-13-17-5-7-18(26)8-6-17)32(19)24(35)20(14-31)30-22(33)16(3)27-4/h5-8,15-16,19-21,27H,9-14H2,1-4H3,(H,28,34)(H,29,36)(H,30,33)/t16-,19+,20-,21-/m0/s1. The first-order chi connectivity index (χ1) is 17.1. The third-order valence-corrected chi connectivity index (χ3v) is 6.72. The summed E-state index contributed by atoms with van der Waals surface area (Å²) in [4.78, 5) is 55.5. The fourth-order valence-electron chi connectivity index (χ4n) is 4.60. The summed E-state index contributed by atoms with van der Waals surface area (Å²) in [6.45, 7) is 6.00. The average molecular weight is 505 g/mol. The summed E-state index contributed by atoms with van der Waals surface area (Å²) < 4.78 is 13.2. The van der Waals surface area contributed by atoms with Gasteiger partial charge in [-0.2, -0.15) is 0 Å². The number of benzene rings is 1. The lowest BCUT2D eigenvalue weighted by Gasteiger charge is -2.39. The fourth-order valence-corrected chi connectivity index (χ4v) is 4.60. The Morgan fingerprint density at radius 2 is 1.78 bits per heavy atom. The number of nitrogens with one attached hydrogen (secondary N) is 4. The molecule has 0 saturated carbocycles. The molecular weight excluding hydrogens is 467 g/mol. The Balaban J connectivity index is 1.78. The van der Waals surface area contributed by atoms with E-state index in [1.165, 1.54) is 12.1 Å². The van der Waals surface area contributed by atoms with Crippen molar-refractivity contribution < 1.29 is 23.6 Å². The van der Waals surface area contributed by atoms with Crippen molar-refractivity contribution in [2.24, 2.45) is 0 Å². The van der Waals surface area contributed by atoms with Crippen molar-refractivity contribution in [3.8, 4) is 0 Å². The van der Waals surface area contributed by atoms with Crippen LogP contribution in [0.3, 0.4) is 0 Å². The van der Waals surface area contributed by atoms with E-state index >= 15 is 0 Å². The lowest BCUT2D eigenvalue weighted by Crippen LogP contribution is -2.63. The van der Waals surface area contributed by atoms with Crippen LogP contribution in [0.2, 0.25) is 0 Å². The lowest BCUT2D eigenvalue weighted by molar-refractivity contribution is -0.144. The number of nitrogens with zero attached hydrogens (tertiary/aromatic N) is 2. The number of carbonyl (C=O) groups excluding carboxylic acids is 4. The van der Waals surface area contributed by atoms with Crippen LogP contribution in [0.5, 0.6) is 0 Å². The van der Waals surface area contributed by atoms with Crippen molar-refractivity contribution in [1.29, 1.82) is 0 Å². The van der Waals surface area contributed by atoms with Crippen LogP contribution in [0, 0.1) is 5.82 Å². The molecule has 1 aromatic rings. The summed E-state index contributed by atoms with van der Waals surface area (Å²) in [6.07, 6.45) is 1.64. The molecule has 10 nitrogen and oxygen atoms in total. The highest BCUT2D eigenvalue weighted by Gasteiger charge is 2.45. The number of likely N-dealkylation sites (N-methyl/N-ethyl adjacent to an activating group) is 1. The minimum absolute atomic E-state index is 0.00665. The van der Waals surface area contributed by atoms with Gasteiger partial charge >= 0.3 is 6.03 Å². The molecule has 0 unspecified atom stereocenters. The maximum Gasteiger partial charge on any atom is 0.317 e. The number of hydrogen-bond donors (Lipinski definition) is 4. The second-order valence-electron chi connectivity index (χ2n) is 9.75. The van der Waals surface area contributed by atoms with E-state index in [0.717, 1.165) is 5.56 Å². The first-order valence-electron chi connectivity index (χ1n) is 12.5. The molecule has 2 fully saturated rings. The monoisotopic (exact) mass is 504 g/mol. The van der Waals surface area contributed by atoms with Gasteiger partial charge in [0.1, 0.15) is 17.9 Å². The summed E-state index contributed by atoms with van der Waals surface area (Å²) in [5.74, 6) is -1.39. The second-order valence-corrected chi connectivity index (χ2v) is 9.75. The predicted molar refractivity (Wildman–Crippen MR) is 132 cm³/mol. The Bertz CT molecular complexity index is 956. The van der Waals surface area contributed by atoms with Gasteiger partial charge in [-0.3, -0.25) is 14.4 Å². The van der Waals surface area contributed by atoms with Gasteiger partial charge in [0.25, 0.3) is 0 Å². The highest BCUT2D eigenvalue weighted by molar-refractivity contribution is 5.94. The molecule has 0 aliphatic carbocycles. The third kappa shape index (κ3) is 6.71. The van der Waals surface area contributed by atoms with Crippen molar-refractivity contribution in [2.75, 3.05) is 20.1 Å². The van der Waals surface area contributed by atoms with Crippen molar-refractivity contribution in [3.63, 3.8) is 0 Å². The van der Waals surface area contributed by atoms with Gasteiger partial charge in [0.15, 0.2) is 0 Å². The zero-order valence-electron chi connectivity index (χ0n) is 21.3. The number of amides is 5. The summed E-state index contributed by atoms with van der Waals surface area (Å²) in [5.41, 5.74) is 0.747. The number of halogens is 1. The Morgan fingerprint density at radius 1 is 1.08 bits per heavy atom. The molecular formula is C25H37FN6O4. The smallest absolute Gasteiger partial charge is 0.317 e. The van der Waals surface area contributed by atoms with Gasteiger partial charge in [0.2, 0.25) is 17.7 Å². The molecule has 11 heteroatoms. The van der Waals surface area contributed by atoms with E-state index in [9.17, 15) is 23.6 Å². The molecule has 3 rings (SSSR count). The normalized spacial score (nSPS) is 22.9. The van der Waals surface area contributed by atoms with Crippen molar-refractivity contribution in [2.45, 2.75) is 76.8 Å². The van der Waals surface area contributed by atoms with Crippen LogP contribution in [-0.2, 0) is 20.9 Å². The fraction of sp³-hybridized carbons (Fsp3) is 0.600. The molecule has 0 radical (unpaired) electrons. The first-order valence-corrected chi connectivity index (χ1v) is 12.5. The van der Waals surface area contributed by atoms with E-state index in [1.807, 2.05) is 13.8 Å². The first kappa shape index (κ1) is 27.4. The van der Waals surface area contributed by atoms with Gasteiger partial charge in [0.05, 0.1) is 12.6 Å². The van der Waals surface area contributed by atoms with Crippen LogP contribution in [0.25, 0.3) is 0 Å². The van der Waals surface area contributed by atoms with Gasteiger partial charge in [-0.25, -0.2) is 9.18 Å². The number of rotatable bonds is 7. The Labute approximate surface area is 211 Å². The zero-order chi connectivity index (χ0) is 26.4. The highest BCUT2D eigenvalue weighted by atomic mass is 19.1. The van der Waals surface area contributed by atoms with E-state index < -0.39 is 18.1 Å². The second kappa shape index (κ2) is 12.2. The Hall–Kier alpha value is -3.21. The Kier molecular flexibility index (Phi) is 9.25. The molecule has 36 heavy (non-hydrogen) atoms. The molecule has 198 valence electrons. The van der Waals surface area contributed by atoms with Gasteiger partial charge in [-0.1, -0.05) is 12.1 Å². The quantitative estimate of drug-likeness (QED) is 0.436. The minimum atomic E-state index is -0.987. The predicted octanol–water partition coefficient (Wildman–Crippen LogP) is 0.718. The molecule has 5 amide bonds. The molecule has 0 bridgehead atoms. The van der Waals surface area contributed by atoms with Crippen LogP contribution < -0.4 is 21.3 Å². The highest BCUT2D eigenvalue weighted by Crippen LogP contribution is 2.29. The molecule has 2 aliphatic heterocycles. The van der Waals surface area contributed by atoms with Gasteiger partial charge in [-0.05, 0) is 64.8 Å². The molecule has 1 aromatic carbocycles. The maximum atomic E-state index is 13.8. The molecule has 2 saturated heterocycles. The number of hydrogen-bond acceptors (Lipinski definition) is 5. The van der Waals surface area contributed by atoms with Crippen LogP contribution in [0.4, 0.5) is 9.18 Å². The van der Waals surface area contributed by atoms with Crippen LogP contribution >= 0.6 is 0 Å². The number of urea groups is 1. The molecule has 2 heterocycles. The molecule has 4 N–H and O–H groups in total. The molecule has 0 spiro atoms. The molecule has 2 aliphatic rings. The van der Waals surface area contributed by atoms with E-state index in [4.69, 9.17) is 0 Å². The van der Waals surface area contributed by atoms with Crippen LogP contribution in [-0.4, -0.2) is 83.9 Å². The van der Waals surface area contributed by atoms with Gasteiger partial charge < -0.3 is 31.1 Å². The molecule has 4 atom stereocenters. The maximum absolute atomic E-state index is 13.8. The van der Waals surface area contributed by atoms with Crippen molar-refractivity contribution in [3.05, 3.63) is 35.6 Å². The van der Waals surface area contributed by atoms with Crippen molar-refractivity contribution in [1.82, 2.24) is 31.1 Å².